The highest BCUT2D eigenvalue weighted by atomic mass is 79.9. The molecule has 8 heteroatoms. The molecule has 2 unspecified atom stereocenters. The molecule has 0 aliphatic carbocycles. The fraction of sp³-hybridized carbons (Fsp3) is 0.179. The molecule has 2 atom stereocenters. The highest BCUT2D eigenvalue weighted by Gasteiger charge is 2.42. The van der Waals surface area contributed by atoms with Gasteiger partial charge in [-0.2, -0.15) is 0 Å². The van der Waals surface area contributed by atoms with Crippen molar-refractivity contribution in [1.82, 2.24) is 14.9 Å². The van der Waals surface area contributed by atoms with Crippen LogP contribution in [0.25, 0.3) is 5.69 Å². The van der Waals surface area contributed by atoms with Gasteiger partial charge < -0.3 is 20.1 Å². The van der Waals surface area contributed by atoms with Gasteiger partial charge in [-0.15, -0.1) is 0 Å². The second-order valence-corrected chi connectivity index (χ2v) is 10.2. The zero-order valence-electron chi connectivity index (χ0n) is 20.2. The first kappa shape index (κ1) is 24.2. The Hall–Kier alpha value is -3.49. The monoisotopic (exact) mass is 559 g/mol. The maximum absolute atomic E-state index is 11.5. The summed E-state index contributed by atoms with van der Waals surface area (Å²) in [5.74, 6) is -0.103. The number of nitrogens with zero attached hydrogens (tertiary/aromatic N) is 3. The smallest absolute Gasteiger partial charge is 0.221 e. The number of pyridine rings is 1. The molecule has 0 bridgehead atoms. The summed E-state index contributed by atoms with van der Waals surface area (Å²) in [7, 11) is 0. The SMILES string of the molecule is CC(=O)Nc1ccc(N2C(=S)NC(c3ccccn3)C2c2cc(C)n(-c3cccc(Br)c3)c2C)cc1. The van der Waals surface area contributed by atoms with Crippen molar-refractivity contribution in [2.75, 3.05) is 10.2 Å². The van der Waals surface area contributed by atoms with Crippen LogP contribution in [0.5, 0.6) is 0 Å². The molecule has 1 saturated heterocycles. The van der Waals surface area contributed by atoms with Crippen LogP contribution in [-0.2, 0) is 4.79 Å². The molecular formula is C28H26BrN5OS. The van der Waals surface area contributed by atoms with Crippen molar-refractivity contribution in [1.29, 1.82) is 0 Å². The topological polar surface area (TPSA) is 62.2 Å². The molecule has 4 aromatic rings. The number of nitrogens with one attached hydrogen (secondary N) is 2. The third-order valence-electron chi connectivity index (χ3n) is 6.42. The molecular weight excluding hydrogens is 534 g/mol. The summed E-state index contributed by atoms with van der Waals surface area (Å²) in [6.45, 7) is 5.78. The van der Waals surface area contributed by atoms with Crippen LogP contribution in [0, 0.1) is 13.8 Å². The lowest BCUT2D eigenvalue weighted by atomic mass is 9.96. The molecule has 2 aromatic heterocycles. The van der Waals surface area contributed by atoms with Crippen molar-refractivity contribution in [3.8, 4) is 5.69 Å². The molecule has 6 nitrogen and oxygen atoms in total. The maximum atomic E-state index is 11.5. The van der Waals surface area contributed by atoms with Gasteiger partial charge in [-0.05, 0) is 92.3 Å². The Labute approximate surface area is 224 Å². The standard InChI is InChI=1S/C28H26BrN5OS/c1-17-15-24(18(2)33(17)23-8-6-7-20(29)16-23)27-26(25-9-4-5-14-30-25)32-28(36)34(27)22-12-10-21(11-13-22)31-19(3)35/h4-16,26-27H,1-3H3,(H,31,35)(H,32,36). The minimum absolute atomic E-state index is 0.103. The number of hydrogen-bond acceptors (Lipinski definition) is 3. The molecule has 182 valence electrons. The van der Waals surface area contributed by atoms with Crippen LogP contribution in [-0.4, -0.2) is 20.6 Å². The van der Waals surface area contributed by atoms with Gasteiger partial charge in [0.1, 0.15) is 0 Å². The first-order valence-electron chi connectivity index (χ1n) is 11.7. The number of halogens is 1. The summed E-state index contributed by atoms with van der Waals surface area (Å²) >= 11 is 9.48. The number of thiocarbonyl (C=S) groups is 1. The number of anilines is 2. The van der Waals surface area contributed by atoms with E-state index in [1.165, 1.54) is 12.5 Å². The van der Waals surface area contributed by atoms with Gasteiger partial charge in [-0.25, -0.2) is 0 Å². The van der Waals surface area contributed by atoms with E-state index in [-0.39, 0.29) is 18.0 Å². The normalized spacial score (nSPS) is 17.2. The first-order chi connectivity index (χ1) is 17.3. The summed E-state index contributed by atoms with van der Waals surface area (Å²) in [5, 5.41) is 6.99. The Balaban J connectivity index is 1.63. The minimum atomic E-state index is -0.134. The number of amides is 1. The van der Waals surface area contributed by atoms with Gasteiger partial charge in [0.2, 0.25) is 5.91 Å². The molecule has 2 aromatic carbocycles. The molecule has 5 rings (SSSR count). The van der Waals surface area contributed by atoms with Gasteiger partial charge in [-0.1, -0.05) is 28.1 Å². The van der Waals surface area contributed by atoms with E-state index >= 15 is 0 Å². The Bertz CT molecular complexity index is 1430. The second-order valence-electron chi connectivity index (χ2n) is 8.87. The van der Waals surface area contributed by atoms with Crippen molar-refractivity contribution in [2.24, 2.45) is 0 Å². The van der Waals surface area contributed by atoms with Crippen LogP contribution in [0.2, 0.25) is 0 Å². The lowest BCUT2D eigenvalue weighted by Gasteiger charge is -2.28. The summed E-state index contributed by atoms with van der Waals surface area (Å²) in [4.78, 5) is 18.3. The fourth-order valence-corrected chi connectivity index (χ4v) is 5.69. The average molecular weight is 561 g/mol. The summed E-state index contributed by atoms with van der Waals surface area (Å²) in [5.41, 5.74) is 7.16. The van der Waals surface area contributed by atoms with Crippen molar-refractivity contribution in [3.05, 3.63) is 106 Å². The molecule has 1 fully saturated rings. The van der Waals surface area contributed by atoms with Gasteiger partial charge in [0.15, 0.2) is 5.11 Å². The number of aryl methyl sites for hydroxylation is 1. The predicted octanol–water partition coefficient (Wildman–Crippen LogP) is 6.39. The fourth-order valence-electron chi connectivity index (χ4n) is 4.96. The average Bonchev–Trinajstić information content (AvgIpc) is 3.35. The van der Waals surface area contributed by atoms with Crippen molar-refractivity contribution >= 4 is 50.5 Å². The van der Waals surface area contributed by atoms with E-state index in [2.05, 4.69) is 73.1 Å². The van der Waals surface area contributed by atoms with Gasteiger partial charge in [-0.3, -0.25) is 9.78 Å². The minimum Gasteiger partial charge on any atom is -0.351 e. The molecule has 1 amide bonds. The lowest BCUT2D eigenvalue weighted by molar-refractivity contribution is -0.114. The molecule has 0 radical (unpaired) electrons. The number of rotatable bonds is 5. The van der Waals surface area contributed by atoms with E-state index in [4.69, 9.17) is 12.2 Å². The number of aromatic nitrogens is 2. The largest absolute Gasteiger partial charge is 0.351 e. The van der Waals surface area contributed by atoms with E-state index in [0.717, 1.165) is 38.6 Å². The quantitative estimate of drug-likeness (QED) is 0.277. The number of benzene rings is 2. The van der Waals surface area contributed by atoms with E-state index < -0.39 is 0 Å². The van der Waals surface area contributed by atoms with E-state index in [1.54, 1.807) is 0 Å². The maximum Gasteiger partial charge on any atom is 0.221 e. The number of carbonyl (C=O) groups is 1. The van der Waals surface area contributed by atoms with Crippen molar-refractivity contribution in [2.45, 2.75) is 32.9 Å². The second kappa shape index (κ2) is 9.87. The first-order valence-corrected chi connectivity index (χ1v) is 12.9. The predicted molar refractivity (Wildman–Crippen MR) is 152 cm³/mol. The van der Waals surface area contributed by atoms with Crippen LogP contribution in [0.3, 0.4) is 0 Å². The van der Waals surface area contributed by atoms with Crippen LogP contribution in [0.4, 0.5) is 11.4 Å². The van der Waals surface area contributed by atoms with Gasteiger partial charge in [0, 0.05) is 46.0 Å². The zero-order chi connectivity index (χ0) is 25.4. The summed E-state index contributed by atoms with van der Waals surface area (Å²) in [6, 6.07) is 24.0. The van der Waals surface area contributed by atoms with Crippen LogP contribution < -0.4 is 15.5 Å². The Morgan fingerprint density at radius 2 is 1.81 bits per heavy atom. The Morgan fingerprint density at radius 1 is 1.03 bits per heavy atom. The summed E-state index contributed by atoms with van der Waals surface area (Å²) in [6.07, 6.45) is 1.81. The number of hydrogen-bond donors (Lipinski definition) is 2. The van der Waals surface area contributed by atoms with Crippen LogP contribution in [0.1, 0.15) is 41.7 Å². The highest BCUT2D eigenvalue weighted by Crippen LogP contribution is 2.44. The van der Waals surface area contributed by atoms with Crippen LogP contribution in [0.15, 0.2) is 83.5 Å². The number of carbonyl (C=O) groups excluding carboxylic acids is 1. The van der Waals surface area contributed by atoms with Gasteiger partial charge in [0.05, 0.1) is 17.8 Å². The zero-order valence-corrected chi connectivity index (χ0v) is 22.6. The molecule has 36 heavy (non-hydrogen) atoms. The molecule has 1 aliphatic rings. The third kappa shape index (κ3) is 4.54. The van der Waals surface area contributed by atoms with Gasteiger partial charge in [0.25, 0.3) is 0 Å². The van der Waals surface area contributed by atoms with Gasteiger partial charge >= 0.3 is 0 Å². The van der Waals surface area contributed by atoms with E-state index in [0.29, 0.717) is 5.11 Å². The van der Waals surface area contributed by atoms with E-state index in [9.17, 15) is 4.79 Å². The highest BCUT2D eigenvalue weighted by molar-refractivity contribution is 9.10. The van der Waals surface area contributed by atoms with Crippen LogP contribution >= 0.6 is 28.1 Å². The molecule has 0 spiro atoms. The molecule has 0 saturated carbocycles. The Morgan fingerprint density at radius 3 is 2.47 bits per heavy atom. The van der Waals surface area contributed by atoms with E-state index in [1.807, 2.05) is 60.8 Å². The third-order valence-corrected chi connectivity index (χ3v) is 7.23. The van der Waals surface area contributed by atoms with Crippen molar-refractivity contribution in [3.63, 3.8) is 0 Å². The molecule has 1 aliphatic heterocycles. The molecule has 2 N–H and O–H groups in total. The summed E-state index contributed by atoms with van der Waals surface area (Å²) < 4.78 is 3.31. The molecule has 3 heterocycles. The Kier molecular flexibility index (Phi) is 6.64. The van der Waals surface area contributed by atoms with Crippen molar-refractivity contribution < 1.29 is 4.79 Å². The lowest BCUT2D eigenvalue weighted by Crippen LogP contribution is -2.29.